The Morgan fingerprint density at radius 3 is 2.06 bits per heavy atom. The maximum Gasteiger partial charge on any atom is 0.407 e. The van der Waals surface area contributed by atoms with Crippen LogP contribution in [0.15, 0.2) is 48.5 Å². The Balaban J connectivity index is 1.48. The summed E-state index contributed by atoms with van der Waals surface area (Å²) in [5.41, 5.74) is 3.87. The van der Waals surface area contributed by atoms with Crippen LogP contribution in [0.4, 0.5) is 4.79 Å². The van der Waals surface area contributed by atoms with E-state index in [1.54, 1.807) is 0 Å². The van der Waals surface area contributed by atoms with Crippen LogP contribution < -0.4 is 5.32 Å². The molecule has 35 heavy (non-hydrogen) atoms. The van der Waals surface area contributed by atoms with Gasteiger partial charge in [-0.3, -0.25) is 9.59 Å². The lowest BCUT2D eigenvalue weighted by atomic mass is 9.85. The molecule has 4 rings (SSSR count). The monoisotopic (exact) mass is 478 g/mol. The van der Waals surface area contributed by atoms with Gasteiger partial charge >= 0.3 is 12.1 Å². The molecule has 2 aromatic carbocycles. The fourth-order valence-electron chi connectivity index (χ4n) is 5.32. The van der Waals surface area contributed by atoms with Crippen LogP contribution in [-0.4, -0.2) is 53.2 Å². The summed E-state index contributed by atoms with van der Waals surface area (Å²) >= 11 is 0. The summed E-state index contributed by atoms with van der Waals surface area (Å²) in [5, 5.41) is 12.2. The maximum absolute atomic E-state index is 13.5. The first-order valence-electron chi connectivity index (χ1n) is 12.3. The van der Waals surface area contributed by atoms with Crippen LogP contribution in [0.2, 0.25) is 0 Å². The zero-order chi connectivity index (χ0) is 25.2. The number of alkyl carbamates (subject to hydrolysis) is 1. The lowest BCUT2D eigenvalue weighted by Gasteiger charge is -2.36. The van der Waals surface area contributed by atoms with E-state index in [1.165, 1.54) is 4.90 Å². The van der Waals surface area contributed by atoms with Crippen LogP contribution in [0.25, 0.3) is 11.1 Å². The molecule has 2 aliphatic rings. The van der Waals surface area contributed by atoms with Gasteiger partial charge in [0.05, 0.1) is 0 Å². The SMILES string of the molecule is CC(C)(C)C(NC(=O)OCC1c2ccccc2-c2ccccc21)C(=O)N(CC(=O)O)C1CCCC1. The van der Waals surface area contributed by atoms with Crippen molar-refractivity contribution in [2.75, 3.05) is 13.2 Å². The molecular weight excluding hydrogens is 444 g/mol. The average Bonchev–Trinajstić information content (AvgIpc) is 3.45. The Bertz CT molecular complexity index is 1060. The highest BCUT2D eigenvalue weighted by Gasteiger charge is 2.40. The van der Waals surface area contributed by atoms with Crippen LogP contribution in [0.5, 0.6) is 0 Å². The Morgan fingerprint density at radius 1 is 1.00 bits per heavy atom. The van der Waals surface area contributed by atoms with E-state index in [1.807, 2.05) is 57.2 Å². The number of ether oxygens (including phenoxy) is 1. The summed E-state index contributed by atoms with van der Waals surface area (Å²) in [6, 6.07) is 15.2. The zero-order valence-corrected chi connectivity index (χ0v) is 20.6. The van der Waals surface area contributed by atoms with Crippen molar-refractivity contribution in [1.29, 1.82) is 0 Å². The van der Waals surface area contributed by atoms with Crippen molar-refractivity contribution in [1.82, 2.24) is 10.2 Å². The molecule has 0 spiro atoms. The molecule has 1 atom stereocenters. The lowest BCUT2D eigenvalue weighted by Crippen LogP contribution is -2.57. The number of hydrogen-bond acceptors (Lipinski definition) is 4. The third kappa shape index (κ3) is 5.34. The Morgan fingerprint density at radius 2 is 1.54 bits per heavy atom. The van der Waals surface area contributed by atoms with Crippen molar-refractivity contribution in [2.45, 2.75) is 64.5 Å². The van der Waals surface area contributed by atoms with E-state index in [4.69, 9.17) is 4.74 Å². The van der Waals surface area contributed by atoms with Crippen molar-refractivity contribution >= 4 is 18.0 Å². The quantitative estimate of drug-likeness (QED) is 0.596. The minimum absolute atomic E-state index is 0.0843. The molecule has 7 heteroatoms. The van der Waals surface area contributed by atoms with Crippen molar-refractivity contribution in [3.63, 3.8) is 0 Å². The first-order chi connectivity index (χ1) is 16.7. The number of fused-ring (bicyclic) bond motifs is 3. The fourth-order valence-corrected chi connectivity index (χ4v) is 5.32. The molecule has 1 fully saturated rings. The number of carbonyl (C=O) groups is 3. The molecule has 2 N–H and O–H groups in total. The van der Waals surface area contributed by atoms with Crippen LogP contribution in [-0.2, 0) is 14.3 Å². The number of carboxylic acid groups (broad SMARTS) is 1. The Hall–Kier alpha value is -3.35. The third-order valence-electron chi connectivity index (χ3n) is 7.07. The predicted octanol–water partition coefficient (Wildman–Crippen LogP) is 4.80. The van der Waals surface area contributed by atoms with E-state index < -0.39 is 23.5 Å². The normalized spacial score (nSPS) is 16.3. The van der Waals surface area contributed by atoms with Gasteiger partial charge in [-0.15, -0.1) is 0 Å². The molecule has 0 aromatic heterocycles. The molecule has 1 saturated carbocycles. The number of carbonyl (C=O) groups excluding carboxylic acids is 2. The summed E-state index contributed by atoms with van der Waals surface area (Å²) < 4.78 is 5.66. The number of amides is 2. The van der Waals surface area contributed by atoms with E-state index in [0.29, 0.717) is 0 Å². The minimum atomic E-state index is -1.06. The van der Waals surface area contributed by atoms with Crippen LogP contribution >= 0.6 is 0 Å². The molecule has 2 aromatic rings. The van der Waals surface area contributed by atoms with Gasteiger partial charge in [0, 0.05) is 12.0 Å². The lowest BCUT2D eigenvalue weighted by molar-refractivity contribution is -0.148. The number of hydrogen-bond donors (Lipinski definition) is 2. The topological polar surface area (TPSA) is 95.9 Å². The van der Waals surface area contributed by atoms with Crippen LogP contribution in [0, 0.1) is 5.41 Å². The number of benzene rings is 2. The van der Waals surface area contributed by atoms with Crippen molar-refractivity contribution in [3.05, 3.63) is 59.7 Å². The van der Waals surface area contributed by atoms with E-state index in [9.17, 15) is 19.5 Å². The molecule has 0 saturated heterocycles. The minimum Gasteiger partial charge on any atom is -0.480 e. The first-order valence-corrected chi connectivity index (χ1v) is 12.3. The van der Waals surface area contributed by atoms with Gasteiger partial charge in [-0.1, -0.05) is 82.1 Å². The number of rotatable bonds is 7. The van der Waals surface area contributed by atoms with E-state index in [-0.39, 0.29) is 31.0 Å². The predicted molar refractivity (Wildman–Crippen MR) is 133 cm³/mol. The van der Waals surface area contributed by atoms with Gasteiger partial charge in [0.1, 0.15) is 19.2 Å². The summed E-state index contributed by atoms with van der Waals surface area (Å²) in [7, 11) is 0. The smallest absolute Gasteiger partial charge is 0.407 e. The second kappa shape index (κ2) is 10.1. The van der Waals surface area contributed by atoms with Gasteiger partial charge < -0.3 is 20.1 Å². The van der Waals surface area contributed by atoms with Crippen LogP contribution in [0.1, 0.15) is 63.5 Å². The molecule has 1 unspecified atom stereocenters. The maximum atomic E-state index is 13.5. The second-order valence-electron chi connectivity index (χ2n) is 10.6. The number of aliphatic carboxylic acids is 1. The summed E-state index contributed by atoms with van der Waals surface area (Å²) in [6.45, 7) is 5.33. The summed E-state index contributed by atoms with van der Waals surface area (Å²) in [4.78, 5) is 39.4. The van der Waals surface area contributed by atoms with Crippen molar-refractivity contribution in [3.8, 4) is 11.1 Å². The van der Waals surface area contributed by atoms with Gasteiger partial charge in [0.25, 0.3) is 0 Å². The zero-order valence-electron chi connectivity index (χ0n) is 20.6. The van der Waals surface area contributed by atoms with Gasteiger partial charge in [0.2, 0.25) is 5.91 Å². The average molecular weight is 479 g/mol. The highest BCUT2D eigenvalue weighted by molar-refractivity contribution is 5.89. The number of nitrogens with zero attached hydrogens (tertiary/aromatic N) is 1. The molecular formula is C28H34N2O5. The Labute approximate surface area is 206 Å². The molecule has 0 aliphatic heterocycles. The third-order valence-corrected chi connectivity index (χ3v) is 7.07. The van der Waals surface area contributed by atoms with Gasteiger partial charge in [-0.2, -0.15) is 0 Å². The van der Waals surface area contributed by atoms with E-state index in [0.717, 1.165) is 47.9 Å². The van der Waals surface area contributed by atoms with Crippen molar-refractivity contribution in [2.24, 2.45) is 5.41 Å². The summed E-state index contributed by atoms with van der Waals surface area (Å²) in [5.74, 6) is -1.52. The first kappa shape index (κ1) is 24.8. The van der Waals surface area contributed by atoms with Crippen LogP contribution in [0.3, 0.4) is 0 Å². The summed E-state index contributed by atoms with van der Waals surface area (Å²) in [6.07, 6.45) is 2.81. The fraction of sp³-hybridized carbons (Fsp3) is 0.464. The largest absolute Gasteiger partial charge is 0.480 e. The van der Waals surface area contributed by atoms with E-state index in [2.05, 4.69) is 17.4 Å². The molecule has 7 nitrogen and oxygen atoms in total. The number of carboxylic acids is 1. The molecule has 0 radical (unpaired) electrons. The van der Waals surface area contributed by atoms with Gasteiger partial charge in [-0.05, 0) is 40.5 Å². The van der Waals surface area contributed by atoms with Gasteiger partial charge in [-0.25, -0.2) is 4.79 Å². The standard InChI is InChI=1S/C28H34N2O5/c1-28(2,3)25(26(33)30(16-24(31)32)18-10-4-5-11-18)29-27(34)35-17-23-21-14-8-6-12-19(21)20-13-7-9-15-22(20)23/h6-9,12-15,18,23,25H,4-5,10-11,16-17H2,1-3H3,(H,29,34)(H,31,32). The molecule has 2 amide bonds. The molecule has 0 heterocycles. The highest BCUT2D eigenvalue weighted by Crippen LogP contribution is 2.44. The molecule has 0 bridgehead atoms. The number of nitrogens with one attached hydrogen (secondary N) is 1. The Kier molecular flexibility index (Phi) is 7.15. The molecule has 2 aliphatic carbocycles. The van der Waals surface area contributed by atoms with Gasteiger partial charge in [0.15, 0.2) is 0 Å². The highest BCUT2D eigenvalue weighted by atomic mass is 16.5. The van der Waals surface area contributed by atoms with Crippen molar-refractivity contribution < 1.29 is 24.2 Å². The van der Waals surface area contributed by atoms with E-state index >= 15 is 0 Å². The second-order valence-corrected chi connectivity index (χ2v) is 10.6. The molecule has 186 valence electrons.